The van der Waals surface area contributed by atoms with E-state index in [1.165, 1.54) is 21.1 Å². The molecular weight excluding hydrogens is 323 g/mol. The summed E-state index contributed by atoms with van der Waals surface area (Å²) in [6, 6.07) is 12.8. The van der Waals surface area contributed by atoms with E-state index in [-0.39, 0.29) is 18.1 Å². The van der Waals surface area contributed by atoms with Gasteiger partial charge in [-0.3, -0.25) is 8.97 Å². The van der Waals surface area contributed by atoms with E-state index in [0.29, 0.717) is 22.9 Å². The molecule has 0 N–H and O–H groups in total. The molecule has 0 saturated carbocycles. The number of aromatic nitrogens is 4. The van der Waals surface area contributed by atoms with Gasteiger partial charge in [-0.25, -0.2) is 19.2 Å². The normalized spacial score (nSPS) is 10.9. The molecule has 124 valence electrons. The Morgan fingerprint density at radius 2 is 1.92 bits per heavy atom. The Morgan fingerprint density at radius 3 is 2.68 bits per heavy atom. The maximum Gasteiger partial charge on any atom is 0.338 e. The molecule has 0 unspecified atom stereocenters. The largest absolute Gasteiger partial charge is 0.471 e. The van der Waals surface area contributed by atoms with E-state index in [2.05, 4.69) is 9.97 Å². The zero-order valence-electron chi connectivity index (χ0n) is 13.0. The van der Waals surface area contributed by atoms with Crippen molar-refractivity contribution in [2.45, 2.75) is 6.61 Å². The van der Waals surface area contributed by atoms with E-state index in [0.717, 1.165) is 0 Å². The summed E-state index contributed by atoms with van der Waals surface area (Å²) < 4.78 is 21.5. The van der Waals surface area contributed by atoms with Gasteiger partial charge in [-0.1, -0.05) is 6.07 Å². The molecule has 0 aliphatic carbocycles. The second-order valence-electron chi connectivity index (χ2n) is 5.36. The Morgan fingerprint density at radius 1 is 1.08 bits per heavy atom. The SMILES string of the molecule is O=c1n(-c2ccc(F)cc2)ccc2nc(COc3ccccn3)cn12. The van der Waals surface area contributed by atoms with Crippen LogP contribution < -0.4 is 10.4 Å². The number of hydrogen-bond acceptors (Lipinski definition) is 4. The highest BCUT2D eigenvalue weighted by Crippen LogP contribution is 2.10. The lowest BCUT2D eigenvalue weighted by Gasteiger charge is -2.05. The summed E-state index contributed by atoms with van der Waals surface area (Å²) in [5.41, 5.74) is 1.41. The Hall–Kier alpha value is -3.48. The minimum atomic E-state index is -0.352. The average molecular weight is 336 g/mol. The molecule has 7 heteroatoms. The summed E-state index contributed by atoms with van der Waals surface area (Å²) in [7, 11) is 0. The molecule has 0 fully saturated rings. The van der Waals surface area contributed by atoms with Crippen molar-refractivity contribution in [3.63, 3.8) is 0 Å². The third-order valence-electron chi connectivity index (χ3n) is 3.68. The molecule has 3 heterocycles. The van der Waals surface area contributed by atoms with Crippen LogP contribution in [-0.2, 0) is 6.61 Å². The van der Waals surface area contributed by atoms with Gasteiger partial charge in [-0.2, -0.15) is 0 Å². The number of rotatable bonds is 4. The fraction of sp³-hybridized carbons (Fsp3) is 0.0556. The van der Waals surface area contributed by atoms with Crippen molar-refractivity contribution in [2.24, 2.45) is 0 Å². The Kier molecular flexibility index (Phi) is 3.74. The maximum atomic E-state index is 13.1. The molecule has 6 nitrogen and oxygen atoms in total. The molecule has 0 amide bonds. The van der Waals surface area contributed by atoms with Gasteiger partial charge in [0.15, 0.2) is 0 Å². The number of hydrogen-bond donors (Lipinski definition) is 0. The lowest BCUT2D eigenvalue weighted by atomic mass is 10.3. The molecule has 4 aromatic rings. The minimum absolute atomic E-state index is 0.203. The van der Waals surface area contributed by atoms with Crippen molar-refractivity contribution >= 4 is 5.65 Å². The van der Waals surface area contributed by atoms with Crippen molar-refractivity contribution in [3.8, 4) is 11.6 Å². The number of fused-ring (bicyclic) bond motifs is 1. The van der Waals surface area contributed by atoms with Crippen LogP contribution in [0.4, 0.5) is 4.39 Å². The monoisotopic (exact) mass is 336 g/mol. The number of benzene rings is 1. The minimum Gasteiger partial charge on any atom is -0.471 e. The molecule has 0 atom stereocenters. The summed E-state index contributed by atoms with van der Waals surface area (Å²) in [6.45, 7) is 0.203. The van der Waals surface area contributed by atoms with Crippen molar-refractivity contribution in [1.82, 2.24) is 18.9 Å². The highest BCUT2D eigenvalue weighted by molar-refractivity contribution is 5.41. The maximum absolute atomic E-state index is 13.1. The number of imidazole rings is 1. The summed E-state index contributed by atoms with van der Waals surface area (Å²) >= 11 is 0. The second kappa shape index (κ2) is 6.20. The molecule has 3 aromatic heterocycles. The summed E-state index contributed by atoms with van der Waals surface area (Å²) in [6.07, 6.45) is 4.88. The van der Waals surface area contributed by atoms with E-state index >= 15 is 0 Å². The number of halogens is 1. The third-order valence-corrected chi connectivity index (χ3v) is 3.68. The zero-order valence-corrected chi connectivity index (χ0v) is 13.0. The highest BCUT2D eigenvalue weighted by atomic mass is 19.1. The first-order valence-corrected chi connectivity index (χ1v) is 7.60. The van der Waals surface area contributed by atoms with Crippen LogP contribution in [0.15, 0.2) is 71.9 Å². The predicted molar refractivity (Wildman–Crippen MR) is 89.3 cm³/mol. The molecular formula is C18H13FN4O2. The molecule has 0 bridgehead atoms. The van der Waals surface area contributed by atoms with Crippen molar-refractivity contribution in [1.29, 1.82) is 0 Å². The van der Waals surface area contributed by atoms with Gasteiger partial charge >= 0.3 is 5.69 Å². The smallest absolute Gasteiger partial charge is 0.338 e. The van der Waals surface area contributed by atoms with E-state index in [1.807, 2.05) is 6.07 Å². The first kappa shape index (κ1) is 15.1. The number of ether oxygens (including phenoxy) is 1. The van der Waals surface area contributed by atoms with Gasteiger partial charge in [0.05, 0.1) is 11.4 Å². The van der Waals surface area contributed by atoms with Crippen LogP contribution in [0.3, 0.4) is 0 Å². The van der Waals surface area contributed by atoms with E-state index in [1.54, 1.807) is 48.9 Å². The molecule has 0 radical (unpaired) electrons. The van der Waals surface area contributed by atoms with Crippen LogP contribution in [0.2, 0.25) is 0 Å². The topological polar surface area (TPSA) is 61.4 Å². The van der Waals surface area contributed by atoms with E-state index in [9.17, 15) is 9.18 Å². The summed E-state index contributed by atoms with van der Waals surface area (Å²) in [5, 5.41) is 0. The zero-order chi connectivity index (χ0) is 17.2. The van der Waals surface area contributed by atoms with Crippen LogP contribution in [0.5, 0.6) is 5.88 Å². The molecule has 25 heavy (non-hydrogen) atoms. The fourth-order valence-electron chi connectivity index (χ4n) is 2.48. The summed E-state index contributed by atoms with van der Waals surface area (Å²) in [5.74, 6) is 0.137. The molecule has 0 spiro atoms. The number of pyridine rings is 1. The quantitative estimate of drug-likeness (QED) is 0.575. The van der Waals surface area contributed by atoms with Gasteiger partial charge in [-0.15, -0.1) is 0 Å². The van der Waals surface area contributed by atoms with Crippen molar-refractivity contribution in [3.05, 3.63) is 89.1 Å². The van der Waals surface area contributed by atoms with Gasteiger partial charge in [0.25, 0.3) is 0 Å². The molecule has 0 saturated heterocycles. The highest BCUT2D eigenvalue weighted by Gasteiger charge is 2.09. The van der Waals surface area contributed by atoms with E-state index < -0.39 is 0 Å². The van der Waals surface area contributed by atoms with Gasteiger partial charge in [0, 0.05) is 24.7 Å². The Bertz CT molecular complexity index is 1070. The van der Waals surface area contributed by atoms with E-state index in [4.69, 9.17) is 4.74 Å². The molecule has 0 aliphatic rings. The van der Waals surface area contributed by atoms with Crippen LogP contribution >= 0.6 is 0 Å². The van der Waals surface area contributed by atoms with Crippen LogP contribution in [0, 0.1) is 5.82 Å². The van der Waals surface area contributed by atoms with Gasteiger partial charge in [0.1, 0.15) is 18.1 Å². The molecule has 1 aromatic carbocycles. The first-order valence-electron chi connectivity index (χ1n) is 7.60. The van der Waals surface area contributed by atoms with Gasteiger partial charge < -0.3 is 4.74 Å². The summed E-state index contributed by atoms with van der Waals surface area (Å²) in [4.78, 5) is 21.1. The standard InChI is InChI=1S/C18H13FN4O2/c19-13-4-6-15(7-5-13)22-10-8-16-21-14(11-23(16)18(22)24)12-25-17-3-1-2-9-20-17/h1-11H,12H2. The van der Waals surface area contributed by atoms with Crippen molar-refractivity contribution < 1.29 is 9.13 Å². The van der Waals surface area contributed by atoms with Gasteiger partial charge in [-0.05, 0) is 36.4 Å². The fourth-order valence-corrected chi connectivity index (χ4v) is 2.48. The number of nitrogens with zero attached hydrogens (tertiary/aromatic N) is 4. The molecule has 4 rings (SSSR count). The lowest BCUT2D eigenvalue weighted by molar-refractivity contribution is 0.290. The predicted octanol–water partition coefficient (Wildman–Crippen LogP) is 2.60. The van der Waals surface area contributed by atoms with Gasteiger partial charge in [0.2, 0.25) is 5.88 Å². The Balaban J connectivity index is 1.65. The Labute approximate surface area is 141 Å². The third kappa shape index (κ3) is 2.99. The second-order valence-corrected chi connectivity index (χ2v) is 5.36. The average Bonchev–Trinajstić information content (AvgIpc) is 3.06. The van der Waals surface area contributed by atoms with Crippen LogP contribution in [0.1, 0.15) is 5.69 Å². The lowest BCUT2D eigenvalue weighted by Crippen LogP contribution is -2.24. The first-order chi connectivity index (χ1) is 12.2. The van der Waals surface area contributed by atoms with Crippen molar-refractivity contribution in [2.75, 3.05) is 0 Å². The van der Waals surface area contributed by atoms with Crippen LogP contribution in [0.25, 0.3) is 11.3 Å². The van der Waals surface area contributed by atoms with Crippen LogP contribution in [-0.4, -0.2) is 18.9 Å². The molecule has 0 aliphatic heterocycles.